The van der Waals surface area contributed by atoms with Gasteiger partial charge in [0.05, 0.1) is 60.5 Å². The highest BCUT2D eigenvalue weighted by Crippen LogP contribution is 2.39. The lowest BCUT2D eigenvalue weighted by atomic mass is 10.1. The van der Waals surface area contributed by atoms with Gasteiger partial charge in [0.1, 0.15) is 0 Å². The minimum absolute atomic E-state index is 0.117. The summed E-state index contributed by atoms with van der Waals surface area (Å²) in [5, 5.41) is 7.55. The van der Waals surface area contributed by atoms with Gasteiger partial charge in [-0.15, -0.1) is 0 Å². The van der Waals surface area contributed by atoms with E-state index in [0.29, 0.717) is 42.2 Å². The van der Waals surface area contributed by atoms with E-state index in [2.05, 4.69) is 20.6 Å². The van der Waals surface area contributed by atoms with E-state index in [-0.39, 0.29) is 29.0 Å². The summed E-state index contributed by atoms with van der Waals surface area (Å²) >= 11 is 1.31. The molecule has 2 aromatic heterocycles. The van der Waals surface area contributed by atoms with Crippen LogP contribution in [-0.2, 0) is 16.0 Å². The molecule has 216 valence electrons. The number of aromatic amines is 1. The van der Waals surface area contributed by atoms with Crippen LogP contribution in [0.2, 0.25) is 0 Å². The number of hydrogen-bond donors (Lipinski definition) is 2. The number of thiazole rings is 1. The van der Waals surface area contributed by atoms with Crippen molar-refractivity contribution in [2.45, 2.75) is 34.1 Å². The summed E-state index contributed by atoms with van der Waals surface area (Å²) in [6, 6.07) is 10.6. The Kier molecular flexibility index (Phi) is 9.40. The van der Waals surface area contributed by atoms with E-state index in [1.165, 1.54) is 35.3 Å². The van der Waals surface area contributed by atoms with Crippen LogP contribution < -0.4 is 25.2 Å². The van der Waals surface area contributed by atoms with Crippen molar-refractivity contribution in [2.24, 2.45) is 5.10 Å². The van der Waals surface area contributed by atoms with Gasteiger partial charge in [-0.1, -0.05) is 23.5 Å². The third kappa shape index (κ3) is 6.40. The summed E-state index contributed by atoms with van der Waals surface area (Å²) < 4.78 is 24.0. The molecule has 0 spiro atoms. The molecule has 4 aromatic rings. The van der Waals surface area contributed by atoms with E-state index >= 15 is 0 Å². The first-order valence-electron chi connectivity index (χ1n) is 13.0. The van der Waals surface area contributed by atoms with E-state index in [1.807, 2.05) is 45.0 Å². The Balaban J connectivity index is 1.69. The van der Waals surface area contributed by atoms with Crippen LogP contribution >= 0.6 is 11.3 Å². The number of para-hydroxylation sites is 1. The number of amides is 1. The Morgan fingerprint density at radius 1 is 1.05 bits per heavy atom. The summed E-state index contributed by atoms with van der Waals surface area (Å²) in [4.78, 5) is 43.3. The molecule has 0 aliphatic rings. The van der Waals surface area contributed by atoms with Gasteiger partial charge in [0.15, 0.2) is 11.5 Å². The summed E-state index contributed by atoms with van der Waals surface area (Å²) in [6.45, 7) is 8.12. The first kappa shape index (κ1) is 29.3. The number of fused-ring (bicyclic) bond motifs is 1. The minimum atomic E-state index is -0.564. The minimum Gasteiger partial charge on any atom is -0.490 e. The zero-order valence-electron chi connectivity index (χ0n) is 23.4. The molecule has 2 N–H and O–H groups in total. The third-order valence-electron chi connectivity index (χ3n) is 5.85. The molecule has 0 bridgehead atoms. The van der Waals surface area contributed by atoms with Gasteiger partial charge in [-0.05, 0) is 52.0 Å². The van der Waals surface area contributed by atoms with E-state index in [0.717, 1.165) is 10.2 Å². The van der Waals surface area contributed by atoms with Crippen LogP contribution in [0.1, 0.15) is 49.3 Å². The Bertz CT molecular complexity index is 1590. The van der Waals surface area contributed by atoms with Crippen LogP contribution in [0.4, 0.5) is 0 Å². The zero-order chi connectivity index (χ0) is 29.5. The average Bonchev–Trinajstić information content (AvgIpc) is 3.53. The number of rotatable bonds is 12. The highest BCUT2D eigenvalue weighted by molar-refractivity contribution is 7.20. The van der Waals surface area contributed by atoms with Crippen LogP contribution in [-0.4, -0.2) is 59.3 Å². The van der Waals surface area contributed by atoms with Gasteiger partial charge in [0.25, 0.3) is 11.5 Å². The molecule has 0 aliphatic carbocycles. The predicted octanol–water partition coefficient (Wildman–Crippen LogP) is 3.84. The highest BCUT2D eigenvalue weighted by atomic mass is 32.1. The quantitative estimate of drug-likeness (QED) is 0.146. The lowest BCUT2D eigenvalue weighted by molar-refractivity contribution is -0.139. The van der Waals surface area contributed by atoms with Crippen LogP contribution in [0.25, 0.3) is 15.3 Å². The second-order valence-electron chi connectivity index (χ2n) is 8.56. The number of methoxy groups -OCH3 is 1. The number of carbonyl (C=O) groups excluding carboxylic acids is 2. The molecular weight excluding hydrogens is 550 g/mol. The number of aromatic nitrogens is 3. The van der Waals surface area contributed by atoms with E-state index < -0.39 is 17.4 Å². The third-order valence-corrected chi connectivity index (χ3v) is 6.87. The van der Waals surface area contributed by atoms with Crippen molar-refractivity contribution in [3.63, 3.8) is 0 Å². The second kappa shape index (κ2) is 13.1. The number of benzene rings is 2. The van der Waals surface area contributed by atoms with Gasteiger partial charge in [-0.25, -0.2) is 10.4 Å². The number of nitrogens with one attached hydrogen (secondary N) is 2. The van der Waals surface area contributed by atoms with Gasteiger partial charge in [0.2, 0.25) is 10.9 Å². The topological polar surface area (TPSA) is 146 Å². The molecule has 0 radical (unpaired) electrons. The van der Waals surface area contributed by atoms with Crippen LogP contribution in [0.15, 0.2) is 46.3 Å². The maximum Gasteiger partial charge on any atom is 0.311 e. The predicted molar refractivity (Wildman–Crippen MR) is 155 cm³/mol. The van der Waals surface area contributed by atoms with Crippen molar-refractivity contribution in [3.05, 3.63) is 63.6 Å². The summed E-state index contributed by atoms with van der Waals surface area (Å²) in [7, 11) is 1.26. The van der Waals surface area contributed by atoms with Crippen LogP contribution in [0.3, 0.4) is 0 Å². The van der Waals surface area contributed by atoms with E-state index in [4.69, 9.17) is 18.9 Å². The lowest BCUT2D eigenvalue weighted by Crippen LogP contribution is -2.24. The van der Waals surface area contributed by atoms with Gasteiger partial charge in [-0.2, -0.15) is 9.78 Å². The summed E-state index contributed by atoms with van der Waals surface area (Å²) in [6.07, 6.45) is -0.214. The van der Waals surface area contributed by atoms with Crippen molar-refractivity contribution >= 4 is 39.1 Å². The van der Waals surface area contributed by atoms with E-state index in [9.17, 15) is 14.4 Å². The van der Waals surface area contributed by atoms with Crippen LogP contribution in [0.5, 0.6) is 17.2 Å². The lowest BCUT2D eigenvalue weighted by Gasteiger charge is -2.16. The fourth-order valence-corrected chi connectivity index (χ4v) is 4.99. The monoisotopic (exact) mass is 581 g/mol. The number of esters is 1. The summed E-state index contributed by atoms with van der Waals surface area (Å²) in [5.41, 5.74) is 3.53. The van der Waals surface area contributed by atoms with Gasteiger partial charge >= 0.3 is 5.97 Å². The number of hydrogen-bond acceptors (Lipinski definition) is 10. The normalized spacial score (nSPS) is 11.4. The van der Waals surface area contributed by atoms with Crippen LogP contribution in [0, 0.1) is 0 Å². The molecule has 0 atom stereocenters. The van der Waals surface area contributed by atoms with Crippen molar-refractivity contribution < 1.29 is 28.5 Å². The first-order valence-corrected chi connectivity index (χ1v) is 13.8. The molecule has 0 aliphatic heterocycles. The molecule has 0 saturated carbocycles. The second-order valence-corrected chi connectivity index (χ2v) is 9.57. The number of nitrogens with zero attached hydrogens (tertiary/aromatic N) is 3. The number of H-pyrrole nitrogens is 1. The molecule has 0 saturated heterocycles. The average molecular weight is 582 g/mol. The smallest absolute Gasteiger partial charge is 0.311 e. The van der Waals surface area contributed by atoms with Gasteiger partial charge in [0, 0.05) is 5.56 Å². The fraction of sp³-hybridized carbons (Fsp3) is 0.321. The number of hydrazone groups is 1. The molecule has 0 unspecified atom stereocenters. The first-order chi connectivity index (χ1) is 19.8. The molecule has 12 nitrogen and oxygen atoms in total. The highest BCUT2D eigenvalue weighted by Gasteiger charge is 2.23. The number of ether oxygens (including phenoxy) is 4. The summed E-state index contributed by atoms with van der Waals surface area (Å²) in [5.74, 6) is 0.00212. The molecule has 2 aromatic carbocycles. The molecule has 4 rings (SSSR count). The largest absolute Gasteiger partial charge is 0.490 e. The van der Waals surface area contributed by atoms with E-state index in [1.54, 1.807) is 6.92 Å². The molecule has 2 heterocycles. The molecule has 1 amide bonds. The SMILES string of the molecule is CCOc1cc(C(=O)NN=C(C)c2c(CC(=O)OC)[nH]n(-c3nc4ccccc4s3)c2=O)cc(OCC)c1OCC. The Labute approximate surface area is 239 Å². The van der Waals surface area contributed by atoms with Gasteiger partial charge in [-0.3, -0.25) is 19.5 Å². The zero-order valence-corrected chi connectivity index (χ0v) is 24.2. The van der Waals surface area contributed by atoms with Crippen molar-refractivity contribution in [1.82, 2.24) is 20.2 Å². The molecule has 0 fully saturated rings. The standard InChI is InChI=1S/C28H31N5O7S/c1-6-38-20-13-17(14-21(39-7-2)25(20)40-8-3)26(35)31-30-16(4)24-19(15-23(34)37-5)32-33(27(24)36)28-29-18-11-9-10-12-22(18)41-28/h9-14,32H,6-8,15H2,1-5H3,(H,31,35). The Morgan fingerprint density at radius 3 is 2.32 bits per heavy atom. The molecular formula is C28H31N5O7S. The van der Waals surface area contributed by atoms with Crippen molar-refractivity contribution in [1.29, 1.82) is 0 Å². The Morgan fingerprint density at radius 2 is 1.71 bits per heavy atom. The number of carbonyl (C=O) groups is 2. The maximum atomic E-state index is 13.5. The Hall–Kier alpha value is -4.65. The molecule has 41 heavy (non-hydrogen) atoms. The van der Waals surface area contributed by atoms with Crippen molar-refractivity contribution in [2.75, 3.05) is 26.9 Å². The fourth-order valence-electron chi connectivity index (χ4n) is 4.07. The van der Waals surface area contributed by atoms with Gasteiger partial charge < -0.3 is 18.9 Å². The molecule has 13 heteroatoms. The van der Waals surface area contributed by atoms with Crippen molar-refractivity contribution in [3.8, 4) is 22.4 Å². The maximum absolute atomic E-state index is 13.5.